The molecule has 36 heavy (non-hydrogen) atoms. The Balaban J connectivity index is 1.07. The highest BCUT2D eigenvalue weighted by atomic mass is 32.1. The normalized spacial score (nSPS) is 14.0. The molecule has 0 spiro atoms. The minimum atomic E-state index is 0.0306. The summed E-state index contributed by atoms with van der Waals surface area (Å²) in [6, 6.07) is 22.0. The fraction of sp³-hybridized carbons (Fsp3) is 0.286. The third kappa shape index (κ3) is 5.71. The van der Waals surface area contributed by atoms with Crippen molar-refractivity contribution in [3.05, 3.63) is 77.8 Å². The lowest BCUT2D eigenvalue weighted by Gasteiger charge is -2.31. The van der Waals surface area contributed by atoms with E-state index < -0.39 is 0 Å². The first-order chi connectivity index (χ1) is 17.7. The largest absolute Gasteiger partial charge is 0.497 e. The van der Waals surface area contributed by atoms with Crippen molar-refractivity contribution in [1.29, 1.82) is 0 Å². The number of amides is 1. The van der Waals surface area contributed by atoms with E-state index in [9.17, 15) is 4.79 Å². The van der Waals surface area contributed by atoms with E-state index >= 15 is 0 Å². The van der Waals surface area contributed by atoms with Crippen LogP contribution in [-0.2, 0) is 11.2 Å². The maximum atomic E-state index is 12.7. The Morgan fingerprint density at radius 3 is 2.47 bits per heavy atom. The summed E-state index contributed by atoms with van der Waals surface area (Å²) in [6.07, 6.45) is 2.35. The van der Waals surface area contributed by atoms with E-state index in [2.05, 4.69) is 25.8 Å². The fourth-order valence-corrected chi connectivity index (χ4v) is 5.23. The van der Waals surface area contributed by atoms with Gasteiger partial charge < -0.3 is 15.0 Å². The maximum absolute atomic E-state index is 12.7. The molecule has 2 aromatic carbocycles. The Bertz CT molecular complexity index is 1270. The summed E-state index contributed by atoms with van der Waals surface area (Å²) in [5.41, 5.74) is 3.99. The SMILES string of the molecule is COc1ccc(-c2nc(CCNC(=O)C3CCN(c4ccc(-c5ccccc5)nn4)CC3)cs2)cc1. The lowest BCUT2D eigenvalue weighted by Crippen LogP contribution is -2.41. The number of methoxy groups -OCH3 is 1. The second-order valence-electron chi connectivity index (χ2n) is 8.82. The van der Waals surface area contributed by atoms with Crippen LogP contribution in [0.15, 0.2) is 72.1 Å². The number of nitrogens with one attached hydrogen (secondary N) is 1. The second-order valence-corrected chi connectivity index (χ2v) is 9.68. The Kier molecular flexibility index (Phi) is 7.52. The third-order valence-electron chi connectivity index (χ3n) is 6.48. The molecule has 1 N–H and O–H groups in total. The number of nitrogens with zero attached hydrogens (tertiary/aromatic N) is 4. The predicted molar refractivity (Wildman–Crippen MR) is 143 cm³/mol. The number of benzene rings is 2. The van der Waals surface area contributed by atoms with Gasteiger partial charge in [-0.15, -0.1) is 21.5 Å². The number of rotatable bonds is 8. The Morgan fingerprint density at radius 2 is 1.78 bits per heavy atom. The lowest BCUT2D eigenvalue weighted by molar-refractivity contribution is -0.125. The Hall–Kier alpha value is -3.78. The standard InChI is InChI=1S/C28H29N5O2S/c1-35-24-9-7-22(8-10-24)28-30-23(19-36-28)13-16-29-27(34)21-14-17-33(18-15-21)26-12-11-25(31-32-26)20-5-3-2-4-6-20/h2-12,19,21H,13-18H2,1H3,(H,29,34). The van der Waals surface area contributed by atoms with Crippen LogP contribution in [0.4, 0.5) is 5.82 Å². The smallest absolute Gasteiger partial charge is 0.223 e. The predicted octanol–water partition coefficient (Wildman–Crippen LogP) is 4.85. The van der Waals surface area contributed by atoms with Crippen molar-refractivity contribution in [1.82, 2.24) is 20.5 Å². The van der Waals surface area contributed by atoms with E-state index in [1.165, 1.54) is 0 Å². The molecule has 4 aromatic rings. The lowest BCUT2D eigenvalue weighted by atomic mass is 9.96. The summed E-state index contributed by atoms with van der Waals surface area (Å²) >= 11 is 1.62. The monoisotopic (exact) mass is 499 g/mol. The quantitative estimate of drug-likeness (QED) is 0.373. The second kappa shape index (κ2) is 11.3. The number of anilines is 1. The molecule has 184 valence electrons. The fourth-order valence-electron chi connectivity index (χ4n) is 4.37. The molecule has 0 unspecified atom stereocenters. The van der Waals surface area contributed by atoms with Gasteiger partial charge in [-0.25, -0.2) is 4.98 Å². The number of hydrogen-bond donors (Lipinski definition) is 1. The van der Waals surface area contributed by atoms with Gasteiger partial charge in [-0.1, -0.05) is 30.3 Å². The van der Waals surface area contributed by atoms with Crippen molar-refractivity contribution in [2.75, 3.05) is 31.6 Å². The van der Waals surface area contributed by atoms with Crippen molar-refractivity contribution >= 4 is 23.1 Å². The van der Waals surface area contributed by atoms with E-state index in [1.807, 2.05) is 66.7 Å². The molecular weight excluding hydrogens is 470 g/mol. The summed E-state index contributed by atoms with van der Waals surface area (Å²) in [6.45, 7) is 2.20. The van der Waals surface area contributed by atoms with Gasteiger partial charge in [-0.2, -0.15) is 0 Å². The van der Waals surface area contributed by atoms with Crippen LogP contribution in [0.1, 0.15) is 18.5 Å². The average Bonchev–Trinajstić information content (AvgIpc) is 3.43. The molecule has 8 heteroatoms. The molecule has 2 aromatic heterocycles. The number of carbonyl (C=O) groups is 1. The van der Waals surface area contributed by atoms with Gasteiger partial charge in [0.1, 0.15) is 10.8 Å². The van der Waals surface area contributed by atoms with Crippen LogP contribution < -0.4 is 15.0 Å². The molecule has 0 atom stereocenters. The van der Waals surface area contributed by atoms with Crippen LogP contribution in [-0.4, -0.2) is 47.8 Å². The highest BCUT2D eigenvalue weighted by molar-refractivity contribution is 7.13. The van der Waals surface area contributed by atoms with Crippen molar-refractivity contribution < 1.29 is 9.53 Å². The molecule has 1 aliphatic heterocycles. The van der Waals surface area contributed by atoms with Crippen molar-refractivity contribution in [2.45, 2.75) is 19.3 Å². The first-order valence-electron chi connectivity index (χ1n) is 12.2. The highest BCUT2D eigenvalue weighted by Gasteiger charge is 2.25. The number of piperidine rings is 1. The average molecular weight is 500 g/mol. The minimum absolute atomic E-state index is 0.0306. The maximum Gasteiger partial charge on any atom is 0.223 e. The summed E-state index contributed by atoms with van der Waals surface area (Å²) in [5.74, 6) is 1.86. The summed E-state index contributed by atoms with van der Waals surface area (Å²) in [5, 5.41) is 15.0. The topological polar surface area (TPSA) is 80.2 Å². The van der Waals surface area contributed by atoms with E-state index in [4.69, 9.17) is 9.72 Å². The zero-order valence-corrected chi connectivity index (χ0v) is 21.1. The molecule has 7 nitrogen and oxygen atoms in total. The molecule has 1 saturated heterocycles. The van der Waals surface area contributed by atoms with Gasteiger partial charge in [0, 0.05) is 48.5 Å². The first kappa shape index (κ1) is 23.9. The zero-order valence-electron chi connectivity index (χ0n) is 20.3. The van der Waals surface area contributed by atoms with Gasteiger partial charge in [-0.3, -0.25) is 4.79 Å². The van der Waals surface area contributed by atoms with Crippen LogP contribution in [0.25, 0.3) is 21.8 Å². The molecule has 0 radical (unpaired) electrons. The Morgan fingerprint density at radius 1 is 1.00 bits per heavy atom. The zero-order chi connectivity index (χ0) is 24.7. The van der Waals surface area contributed by atoms with E-state index in [1.54, 1.807) is 18.4 Å². The number of ether oxygens (including phenoxy) is 1. The molecular formula is C28H29N5O2S. The van der Waals surface area contributed by atoms with Crippen LogP contribution in [0.3, 0.4) is 0 Å². The number of carbonyl (C=O) groups excluding carboxylic acids is 1. The molecule has 5 rings (SSSR count). The summed E-state index contributed by atoms with van der Waals surface area (Å²) in [7, 11) is 1.66. The molecule has 1 aliphatic rings. The van der Waals surface area contributed by atoms with Crippen LogP contribution in [0.5, 0.6) is 5.75 Å². The molecule has 0 aliphatic carbocycles. The summed E-state index contributed by atoms with van der Waals surface area (Å²) < 4.78 is 5.22. The van der Waals surface area contributed by atoms with Gasteiger partial charge >= 0.3 is 0 Å². The van der Waals surface area contributed by atoms with Gasteiger partial charge in [-0.05, 0) is 49.2 Å². The van der Waals surface area contributed by atoms with E-state index in [0.29, 0.717) is 6.54 Å². The Labute approximate surface area is 215 Å². The molecule has 0 bridgehead atoms. The third-order valence-corrected chi connectivity index (χ3v) is 7.42. The minimum Gasteiger partial charge on any atom is -0.497 e. The molecule has 3 heterocycles. The number of aromatic nitrogens is 3. The van der Waals surface area contributed by atoms with Gasteiger partial charge in [0.2, 0.25) is 5.91 Å². The summed E-state index contributed by atoms with van der Waals surface area (Å²) in [4.78, 5) is 19.7. The van der Waals surface area contributed by atoms with E-state index in [0.717, 1.165) is 71.4 Å². The van der Waals surface area contributed by atoms with Crippen LogP contribution in [0, 0.1) is 5.92 Å². The van der Waals surface area contributed by atoms with Gasteiger partial charge in [0.05, 0.1) is 18.5 Å². The number of thiazole rings is 1. The molecule has 0 saturated carbocycles. The van der Waals surface area contributed by atoms with E-state index in [-0.39, 0.29) is 11.8 Å². The van der Waals surface area contributed by atoms with Crippen molar-refractivity contribution in [3.63, 3.8) is 0 Å². The van der Waals surface area contributed by atoms with Crippen LogP contribution in [0.2, 0.25) is 0 Å². The first-order valence-corrected chi connectivity index (χ1v) is 13.1. The van der Waals surface area contributed by atoms with Gasteiger partial charge in [0.25, 0.3) is 0 Å². The van der Waals surface area contributed by atoms with Gasteiger partial charge in [0.15, 0.2) is 5.82 Å². The molecule has 1 amide bonds. The molecule has 1 fully saturated rings. The number of hydrogen-bond acceptors (Lipinski definition) is 7. The highest BCUT2D eigenvalue weighted by Crippen LogP contribution is 2.26. The van der Waals surface area contributed by atoms with Crippen LogP contribution >= 0.6 is 11.3 Å². The van der Waals surface area contributed by atoms with Crippen molar-refractivity contribution in [3.8, 4) is 27.6 Å². The van der Waals surface area contributed by atoms with Crippen molar-refractivity contribution in [2.24, 2.45) is 5.92 Å².